The van der Waals surface area contributed by atoms with Gasteiger partial charge in [0.15, 0.2) is 0 Å². The van der Waals surface area contributed by atoms with Crippen LogP contribution in [0, 0.1) is 19.7 Å². The predicted molar refractivity (Wildman–Crippen MR) is 143 cm³/mol. The molecule has 0 fully saturated rings. The zero-order valence-electron chi connectivity index (χ0n) is 21.4. The van der Waals surface area contributed by atoms with Crippen LogP contribution in [0.5, 0.6) is 0 Å². The second-order valence-corrected chi connectivity index (χ2v) is 10.8. The van der Waals surface area contributed by atoms with Crippen molar-refractivity contribution in [1.82, 2.24) is 10.2 Å². The maximum Gasteiger partial charge on any atom is 0.244 e. The molecular weight excluding hydrogens is 493 g/mol. The molecule has 0 aliphatic rings. The van der Waals surface area contributed by atoms with Crippen LogP contribution in [0.4, 0.5) is 10.1 Å². The van der Waals surface area contributed by atoms with Crippen molar-refractivity contribution in [1.29, 1.82) is 0 Å². The van der Waals surface area contributed by atoms with Crippen molar-refractivity contribution in [3.8, 4) is 0 Å². The standard InChI is InChI=1S/C28H32FN3O4S/c1-20-11-10-16-25(21(20)2)32(37(4,35)36)19-27(33)31(18-23-14-8-9-15-24(23)29)26(28(34)30-3)17-22-12-6-5-7-13-22/h5-16,26H,17-19H2,1-4H3,(H,30,34)/t26-/m1/s1. The number of nitrogens with zero attached hydrogens (tertiary/aromatic N) is 2. The third-order valence-electron chi connectivity index (χ3n) is 6.34. The Balaban J connectivity index is 2.07. The molecule has 0 heterocycles. The van der Waals surface area contributed by atoms with Gasteiger partial charge in [-0.05, 0) is 42.7 Å². The van der Waals surface area contributed by atoms with E-state index < -0.39 is 40.2 Å². The summed E-state index contributed by atoms with van der Waals surface area (Å²) in [7, 11) is -2.40. The lowest BCUT2D eigenvalue weighted by molar-refractivity contribution is -0.139. The lowest BCUT2D eigenvalue weighted by atomic mass is 10.0. The van der Waals surface area contributed by atoms with Gasteiger partial charge in [-0.25, -0.2) is 12.8 Å². The second-order valence-electron chi connectivity index (χ2n) is 8.92. The van der Waals surface area contributed by atoms with Gasteiger partial charge in [0, 0.05) is 25.6 Å². The summed E-state index contributed by atoms with van der Waals surface area (Å²) in [5.74, 6) is -1.59. The molecule has 0 aliphatic carbocycles. The molecule has 3 aromatic rings. The topological polar surface area (TPSA) is 86.8 Å². The summed E-state index contributed by atoms with van der Waals surface area (Å²) in [6.45, 7) is 2.89. The molecule has 1 N–H and O–H groups in total. The van der Waals surface area contributed by atoms with E-state index in [2.05, 4.69) is 5.32 Å². The van der Waals surface area contributed by atoms with Crippen molar-refractivity contribution in [2.45, 2.75) is 32.9 Å². The highest BCUT2D eigenvalue weighted by atomic mass is 32.2. The number of anilines is 1. The zero-order chi connectivity index (χ0) is 27.2. The Morgan fingerprint density at radius 3 is 2.22 bits per heavy atom. The fourth-order valence-electron chi connectivity index (χ4n) is 4.13. The molecule has 3 rings (SSSR count). The van der Waals surface area contributed by atoms with E-state index in [1.807, 2.05) is 43.3 Å². The highest BCUT2D eigenvalue weighted by Crippen LogP contribution is 2.26. The molecule has 0 spiro atoms. The van der Waals surface area contributed by atoms with Crippen LogP contribution >= 0.6 is 0 Å². The normalized spacial score (nSPS) is 12.0. The first-order valence-corrected chi connectivity index (χ1v) is 13.7. The van der Waals surface area contributed by atoms with Crippen molar-refractivity contribution in [3.05, 3.63) is 101 Å². The fourth-order valence-corrected chi connectivity index (χ4v) is 5.03. The van der Waals surface area contributed by atoms with Gasteiger partial charge in [-0.1, -0.05) is 60.7 Å². The van der Waals surface area contributed by atoms with Crippen LogP contribution in [0.25, 0.3) is 0 Å². The van der Waals surface area contributed by atoms with Gasteiger partial charge in [0.25, 0.3) is 0 Å². The summed E-state index contributed by atoms with van der Waals surface area (Å²) < 4.78 is 41.4. The Morgan fingerprint density at radius 2 is 1.59 bits per heavy atom. The van der Waals surface area contributed by atoms with Crippen molar-refractivity contribution in [2.75, 3.05) is 24.2 Å². The molecule has 0 aliphatic heterocycles. The summed E-state index contributed by atoms with van der Waals surface area (Å²) in [5, 5.41) is 2.59. The summed E-state index contributed by atoms with van der Waals surface area (Å²) >= 11 is 0. The fraction of sp³-hybridized carbons (Fsp3) is 0.286. The Bertz CT molecular complexity index is 1360. The number of nitrogens with one attached hydrogen (secondary N) is 1. The number of rotatable bonds is 10. The van der Waals surface area contributed by atoms with Crippen LogP contribution in [0.15, 0.2) is 72.8 Å². The number of benzene rings is 3. The Hall–Kier alpha value is -3.72. The van der Waals surface area contributed by atoms with Gasteiger partial charge in [-0.3, -0.25) is 13.9 Å². The van der Waals surface area contributed by atoms with Gasteiger partial charge in [-0.2, -0.15) is 0 Å². The summed E-state index contributed by atoms with van der Waals surface area (Å²) in [4.78, 5) is 28.2. The van der Waals surface area contributed by atoms with Gasteiger partial charge in [0.2, 0.25) is 21.8 Å². The molecule has 37 heavy (non-hydrogen) atoms. The van der Waals surface area contributed by atoms with Crippen molar-refractivity contribution in [2.24, 2.45) is 0 Å². The molecule has 3 aromatic carbocycles. The summed E-state index contributed by atoms with van der Waals surface area (Å²) in [5.41, 5.74) is 2.98. The SMILES string of the molecule is CNC(=O)[C@@H](Cc1ccccc1)N(Cc1ccccc1F)C(=O)CN(c1cccc(C)c1C)S(C)(=O)=O. The molecule has 2 amide bonds. The molecule has 7 nitrogen and oxygen atoms in total. The van der Waals surface area contributed by atoms with Crippen molar-refractivity contribution in [3.63, 3.8) is 0 Å². The molecule has 9 heteroatoms. The van der Waals surface area contributed by atoms with Gasteiger partial charge >= 0.3 is 0 Å². The minimum atomic E-state index is -3.87. The average molecular weight is 526 g/mol. The van der Waals surface area contributed by atoms with E-state index in [0.717, 1.165) is 21.7 Å². The molecule has 0 saturated heterocycles. The van der Waals surface area contributed by atoms with Crippen LogP contribution in [0.1, 0.15) is 22.3 Å². The monoisotopic (exact) mass is 525 g/mol. The van der Waals surface area contributed by atoms with Crippen LogP contribution < -0.4 is 9.62 Å². The molecular formula is C28H32FN3O4S. The zero-order valence-corrected chi connectivity index (χ0v) is 22.3. The highest BCUT2D eigenvalue weighted by molar-refractivity contribution is 7.92. The third kappa shape index (κ3) is 6.95. The van der Waals surface area contributed by atoms with E-state index in [-0.39, 0.29) is 18.5 Å². The lowest BCUT2D eigenvalue weighted by Crippen LogP contribution is -2.53. The minimum Gasteiger partial charge on any atom is -0.357 e. The maximum absolute atomic E-state index is 14.7. The van der Waals surface area contributed by atoms with Gasteiger partial charge in [0.05, 0.1) is 11.9 Å². The molecule has 0 radical (unpaired) electrons. The van der Waals surface area contributed by atoms with E-state index in [0.29, 0.717) is 11.3 Å². The average Bonchev–Trinajstić information content (AvgIpc) is 2.87. The van der Waals surface area contributed by atoms with E-state index in [1.165, 1.54) is 30.1 Å². The molecule has 1 atom stereocenters. The number of amides is 2. The first-order chi connectivity index (χ1) is 17.5. The largest absolute Gasteiger partial charge is 0.357 e. The number of aryl methyl sites for hydroxylation is 1. The maximum atomic E-state index is 14.7. The minimum absolute atomic E-state index is 0.170. The van der Waals surface area contributed by atoms with Crippen LogP contribution in [-0.2, 0) is 32.6 Å². The summed E-state index contributed by atoms with van der Waals surface area (Å²) in [6, 6.07) is 19.4. The van der Waals surface area contributed by atoms with Crippen LogP contribution in [0.3, 0.4) is 0 Å². The first kappa shape index (κ1) is 27.9. The Labute approximate surface area is 218 Å². The van der Waals surface area contributed by atoms with E-state index >= 15 is 0 Å². The number of sulfonamides is 1. The lowest BCUT2D eigenvalue weighted by Gasteiger charge is -2.33. The third-order valence-corrected chi connectivity index (χ3v) is 7.47. The highest BCUT2D eigenvalue weighted by Gasteiger charge is 2.33. The quantitative estimate of drug-likeness (QED) is 0.438. The van der Waals surface area contributed by atoms with Gasteiger partial charge in [-0.15, -0.1) is 0 Å². The Morgan fingerprint density at radius 1 is 0.946 bits per heavy atom. The number of carbonyl (C=O) groups excluding carboxylic acids is 2. The molecule has 196 valence electrons. The van der Waals surface area contributed by atoms with Gasteiger partial charge in [0.1, 0.15) is 18.4 Å². The van der Waals surface area contributed by atoms with E-state index in [1.54, 1.807) is 25.1 Å². The van der Waals surface area contributed by atoms with Crippen molar-refractivity contribution < 1.29 is 22.4 Å². The number of halogens is 1. The van der Waals surface area contributed by atoms with Crippen LogP contribution in [-0.4, -0.2) is 51.0 Å². The van der Waals surface area contributed by atoms with Crippen molar-refractivity contribution >= 4 is 27.5 Å². The number of hydrogen-bond acceptors (Lipinski definition) is 4. The second kappa shape index (κ2) is 12.0. The molecule has 0 aromatic heterocycles. The van der Waals surface area contributed by atoms with Crippen LogP contribution in [0.2, 0.25) is 0 Å². The Kier molecular flexibility index (Phi) is 9.04. The number of carbonyl (C=O) groups is 2. The summed E-state index contributed by atoms with van der Waals surface area (Å²) in [6.07, 6.45) is 1.20. The molecule has 0 saturated carbocycles. The van der Waals surface area contributed by atoms with E-state index in [4.69, 9.17) is 0 Å². The smallest absolute Gasteiger partial charge is 0.244 e. The van der Waals surface area contributed by atoms with E-state index in [9.17, 15) is 22.4 Å². The predicted octanol–water partition coefficient (Wildman–Crippen LogP) is 3.59. The number of hydrogen-bond donors (Lipinski definition) is 1. The van der Waals surface area contributed by atoms with Gasteiger partial charge < -0.3 is 10.2 Å². The first-order valence-electron chi connectivity index (χ1n) is 11.8. The molecule has 0 bridgehead atoms. The molecule has 0 unspecified atom stereocenters. The number of likely N-dealkylation sites (N-methyl/N-ethyl adjacent to an activating group) is 1.